The number of rotatable bonds is 1. The van der Waals surface area contributed by atoms with Crippen LogP contribution < -0.4 is 5.32 Å². The van der Waals surface area contributed by atoms with Crippen molar-refractivity contribution >= 4 is 17.7 Å². The van der Waals surface area contributed by atoms with E-state index in [2.05, 4.69) is 24.1 Å². The smallest absolute Gasteiger partial charge is 0.240 e. The number of carbonyl (C=O) groups excluding carboxylic acids is 1. The minimum absolute atomic E-state index is 0.0998. The lowest BCUT2D eigenvalue weighted by Gasteiger charge is -2.38. The third kappa shape index (κ3) is 2.31. The van der Waals surface area contributed by atoms with Crippen LogP contribution in [0.2, 0.25) is 0 Å². The average Bonchev–Trinajstić information content (AvgIpc) is 2.74. The molecule has 2 saturated heterocycles. The lowest BCUT2D eigenvalue weighted by molar-refractivity contribution is -0.135. The minimum atomic E-state index is 0.0998. The second-order valence-corrected chi connectivity index (χ2v) is 5.98. The molecule has 4 heteroatoms. The molecule has 1 N–H and O–H groups in total. The molecule has 0 bridgehead atoms. The number of thioether (sulfide) groups is 1. The first-order valence-corrected chi connectivity index (χ1v) is 6.90. The molecule has 3 nitrogen and oxygen atoms in total. The predicted molar refractivity (Wildman–Crippen MR) is 64.1 cm³/mol. The van der Waals surface area contributed by atoms with Crippen molar-refractivity contribution in [3.05, 3.63) is 0 Å². The van der Waals surface area contributed by atoms with Crippen molar-refractivity contribution in [2.75, 3.05) is 18.8 Å². The zero-order valence-electron chi connectivity index (χ0n) is 9.53. The fourth-order valence-electron chi connectivity index (χ4n) is 2.34. The molecule has 0 aromatic carbocycles. The van der Waals surface area contributed by atoms with Gasteiger partial charge in [-0.2, -0.15) is 11.8 Å². The molecule has 86 valence electrons. The van der Waals surface area contributed by atoms with Crippen molar-refractivity contribution in [2.45, 2.75) is 44.0 Å². The Hall–Kier alpha value is -0.220. The Morgan fingerprint density at radius 3 is 2.93 bits per heavy atom. The van der Waals surface area contributed by atoms with Gasteiger partial charge >= 0.3 is 0 Å². The predicted octanol–water partition coefficient (Wildman–Crippen LogP) is 1.09. The maximum absolute atomic E-state index is 12.2. The van der Waals surface area contributed by atoms with Crippen molar-refractivity contribution in [2.24, 2.45) is 0 Å². The van der Waals surface area contributed by atoms with Crippen LogP contribution in [0, 0.1) is 0 Å². The molecule has 2 aliphatic rings. The van der Waals surface area contributed by atoms with Gasteiger partial charge in [-0.15, -0.1) is 0 Å². The van der Waals surface area contributed by atoms with Gasteiger partial charge in [0.05, 0.1) is 6.04 Å². The summed E-state index contributed by atoms with van der Waals surface area (Å²) in [4.78, 5) is 14.3. The van der Waals surface area contributed by atoms with Crippen LogP contribution >= 0.6 is 11.8 Å². The van der Waals surface area contributed by atoms with E-state index in [0.29, 0.717) is 17.2 Å². The van der Waals surface area contributed by atoms with Gasteiger partial charge in [0.2, 0.25) is 5.91 Å². The van der Waals surface area contributed by atoms with Crippen LogP contribution in [0.5, 0.6) is 0 Å². The monoisotopic (exact) mass is 228 g/mol. The molecule has 2 fully saturated rings. The van der Waals surface area contributed by atoms with Gasteiger partial charge in [-0.05, 0) is 26.3 Å². The van der Waals surface area contributed by atoms with E-state index in [4.69, 9.17) is 0 Å². The van der Waals surface area contributed by atoms with Crippen LogP contribution in [0.4, 0.5) is 0 Å². The summed E-state index contributed by atoms with van der Waals surface area (Å²) in [5, 5.41) is 3.86. The summed E-state index contributed by atoms with van der Waals surface area (Å²) in [7, 11) is 0. The Kier molecular flexibility index (Phi) is 3.57. The standard InChI is InChI=1S/C11H20N2OS/c1-8-9(2)15-7-6-13(8)11(14)10-4-3-5-12-10/h8-10,12H,3-7H2,1-2H3. The summed E-state index contributed by atoms with van der Waals surface area (Å²) in [5.74, 6) is 1.41. The van der Waals surface area contributed by atoms with Crippen LogP contribution in [-0.4, -0.2) is 47.0 Å². The highest BCUT2D eigenvalue weighted by Gasteiger charge is 2.33. The van der Waals surface area contributed by atoms with Gasteiger partial charge in [-0.1, -0.05) is 6.92 Å². The summed E-state index contributed by atoms with van der Waals surface area (Å²) >= 11 is 1.98. The first-order valence-electron chi connectivity index (χ1n) is 5.85. The lowest BCUT2D eigenvalue weighted by Crippen LogP contribution is -2.53. The normalized spacial score (nSPS) is 36.9. The third-order valence-electron chi connectivity index (χ3n) is 3.53. The van der Waals surface area contributed by atoms with E-state index in [9.17, 15) is 4.79 Å². The van der Waals surface area contributed by atoms with Crippen LogP contribution in [-0.2, 0) is 4.79 Å². The summed E-state index contributed by atoms with van der Waals surface area (Å²) in [5.41, 5.74) is 0. The van der Waals surface area contributed by atoms with Gasteiger partial charge in [0.1, 0.15) is 0 Å². The Morgan fingerprint density at radius 2 is 2.27 bits per heavy atom. The first kappa shape index (κ1) is 11.3. The highest BCUT2D eigenvalue weighted by molar-refractivity contribution is 8.00. The second kappa shape index (κ2) is 4.74. The number of hydrogen-bond acceptors (Lipinski definition) is 3. The number of nitrogens with zero attached hydrogens (tertiary/aromatic N) is 1. The Labute approximate surface area is 96.0 Å². The highest BCUT2D eigenvalue weighted by Crippen LogP contribution is 2.25. The minimum Gasteiger partial charge on any atom is -0.337 e. The van der Waals surface area contributed by atoms with Gasteiger partial charge in [0, 0.05) is 23.6 Å². The Morgan fingerprint density at radius 1 is 1.47 bits per heavy atom. The topological polar surface area (TPSA) is 32.3 Å². The van der Waals surface area contributed by atoms with Crippen molar-refractivity contribution < 1.29 is 4.79 Å². The van der Waals surface area contributed by atoms with Gasteiger partial charge in [-0.25, -0.2) is 0 Å². The molecule has 2 heterocycles. The number of hydrogen-bond donors (Lipinski definition) is 1. The number of carbonyl (C=O) groups is 1. The molecule has 2 aliphatic heterocycles. The number of nitrogens with one attached hydrogen (secondary N) is 1. The largest absolute Gasteiger partial charge is 0.337 e. The molecular formula is C11H20N2OS. The van der Waals surface area contributed by atoms with E-state index in [1.165, 1.54) is 0 Å². The van der Waals surface area contributed by atoms with E-state index < -0.39 is 0 Å². The van der Waals surface area contributed by atoms with Crippen molar-refractivity contribution in [3.63, 3.8) is 0 Å². The first-order chi connectivity index (χ1) is 7.20. The van der Waals surface area contributed by atoms with E-state index in [0.717, 1.165) is 31.7 Å². The molecule has 3 atom stereocenters. The fourth-order valence-corrected chi connectivity index (χ4v) is 3.44. The van der Waals surface area contributed by atoms with Gasteiger partial charge < -0.3 is 10.2 Å². The van der Waals surface area contributed by atoms with Gasteiger partial charge in [0.25, 0.3) is 0 Å². The lowest BCUT2D eigenvalue weighted by atomic mass is 10.1. The van der Waals surface area contributed by atoms with Crippen LogP contribution in [0.1, 0.15) is 26.7 Å². The highest BCUT2D eigenvalue weighted by atomic mass is 32.2. The third-order valence-corrected chi connectivity index (χ3v) is 4.86. The van der Waals surface area contributed by atoms with Crippen molar-refractivity contribution in [1.29, 1.82) is 0 Å². The molecule has 0 spiro atoms. The molecule has 0 aliphatic carbocycles. The molecule has 0 aromatic rings. The van der Waals surface area contributed by atoms with Gasteiger partial charge in [-0.3, -0.25) is 4.79 Å². The second-order valence-electron chi connectivity index (χ2n) is 4.50. The fraction of sp³-hybridized carbons (Fsp3) is 0.909. The van der Waals surface area contributed by atoms with Crippen molar-refractivity contribution in [3.8, 4) is 0 Å². The van der Waals surface area contributed by atoms with Crippen molar-refractivity contribution in [1.82, 2.24) is 10.2 Å². The molecule has 15 heavy (non-hydrogen) atoms. The molecule has 0 saturated carbocycles. The molecule has 0 radical (unpaired) electrons. The van der Waals surface area contributed by atoms with E-state index in [1.54, 1.807) is 0 Å². The molecule has 3 unspecified atom stereocenters. The van der Waals surface area contributed by atoms with E-state index >= 15 is 0 Å². The molecule has 2 rings (SSSR count). The maximum atomic E-state index is 12.2. The summed E-state index contributed by atoms with van der Waals surface area (Å²) in [6.45, 7) is 6.32. The van der Waals surface area contributed by atoms with Crippen LogP contribution in [0.15, 0.2) is 0 Å². The molecule has 1 amide bonds. The molecule has 0 aromatic heterocycles. The summed E-state index contributed by atoms with van der Waals surface area (Å²) in [6, 6.07) is 0.487. The van der Waals surface area contributed by atoms with E-state index in [1.807, 2.05) is 11.8 Å². The zero-order chi connectivity index (χ0) is 10.8. The van der Waals surface area contributed by atoms with Crippen LogP contribution in [0.25, 0.3) is 0 Å². The summed E-state index contributed by atoms with van der Waals surface area (Å²) in [6.07, 6.45) is 2.16. The molecular weight excluding hydrogens is 208 g/mol. The van der Waals surface area contributed by atoms with Crippen LogP contribution in [0.3, 0.4) is 0 Å². The van der Waals surface area contributed by atoms with Gasteiger partial charge in [0.15, 0.2) is 0 Å². The summed E-state index contributed by atoms with van der Waals surface area (Å²) < 4.78 is 0. The Balaban J connectivity index is 1.98. The quantitative estimate of drug-likeness (QED) is 0.729. The van der Waals surface area contributed by atoms with E-state index in [-0.39, 0.29) is 6.04 Å². The zero-order valence-corrected chi connectivity index (χ0v) is 10.3. The number of amides is 1. The Bertz CT molecular complexity index is 241. The maximum Gasteiger partial charge on any atom is 0.240 e. The SMILES string of the molecule is CC1SCCN(C(=O)C2CCCN2)C1C. The average molecular weight is 228 g/mol.